The minimum absolute atomic E-state index is 0.0533. The Hall–Kier alpha value is -2.41. The van der Waals surface area contributed by atoms with Crippen LogP contribution in [0.4, 0.5) is 9.52 Å². The predicted molar refractivity (Wildman–Crippen MR) is 108 cm³/mol. The van der Waals surface area contributed by atoms with Crippen LogP contribution in [0.25, 0.3) is 0 Å². The molecule has 1 aliphatic rings. The van der Waals surface area contributed by atoms with Crippen molar-refractivity contribution < 1.29 is 32.3 Å². The second kappa shape index (κ2) is 10.1. The summed E-state index contributed by atoms with van der Waals surface area (Å²) in [6.45, 7) is 0.645. The van der Waals surface area contributed by atoms with E-state index in [-0.39, 0.29) is 40.6 Å². The maximum Gasteiger partial charge on any atom is 0.280 e. The van der Waals surface area contributed by atoms with Crippen molar-refractivity contribution in [3.63, 3.8) is 0 Å². The lowest BCUT2D eigenvalue weighted by atomic mass is 10.1. The molecule has 0 spiro atoms. The highest BCUT2D eigenvalue weighted by molar-refractivity contribution is 7.91. The molecule has 12 heteroatoms. The molecule has 1 atom stereocenters. The largest absolute Gasteiger partial charge is 0.396 e. The molecular formula is C18H20FN3O6S2. The van der Waals surface area contributed by atoms with Crippen molar-refractivity contribution in [2.24, 2.45) is 5.16 Å². The molecule has 30 heavy (non-hydrogen) atoms. The molecule has 1 saturated heterocycles. The van der Waals surface area contributed by atoms with Crippen LogP contribution in [0.3, 0.4) is 0 Å². The highest BCUT2D eigenvalue weighted by Crippen LogP contribution is 2.18. The van der Waals surface area contributed by atoms with Crippen LogP contribution >= 0.6 is 11.3 Å². The Morgan fingerprint density at radius 2 is 2.17 bits per heavy atom. The van der Waals surface area contributed by atoms with Crippen LogP contribution in [0.1, 0.15) is 18.4 Å². The number of halogens is 1. The number of hydrogen-bond acceptors (Lipinski definition) is 9. The van der Waals surface area contributed by atoms with Gasteiger partial charge < -0.3 is 14.7 Å². The van der Waals surface area contributed by atoms with Gasteiger partial charge in [0, 0.05) is 18.6 Å². The van der Waals surface area contributed by atoms with Gasteiger partial charge in [-0.1, -0.05) is 28.6 Å². The number of benzene rings is 1. The molecule has 3 rings (SSSR count). The molecule has 0 aliphatic carbocycles. The zero-order valence-electron chi connectivity index (χ0n) is 15.8. The number of aromatic nitrogens is 1. The quantitative estimate of drug-likeness (QED) is 0.432. The highest BCUT2D eigenvalue weighted by atomic mass is 32.2. The van der Waals surface area contributed by atoms with E-state index >= 15 is 0 Å². The number of nitrogens with zero attached hydrogens (tertiary/aromatic N) is 2. The summed E-state index contributed by atoms with van der Waals surface area (Å²) < 4.78 is 42.9. The monoisotopic (exact) mass is 457 g/mol. The Kier molecular flexibility index (Phi) is 7.48. The molecule has 0 bridgehead atoms. The van der Waals surface area contributed by atoms with Crippen LogP contribution in [0.2, 0.25) is 0 Å². The van der Waals surface area contributed by atoms with E-state index < -0.39 is 20.9 Å². The molecule has 0 radical (unpaired) electrons. The third kappa shape index (κ3) is 5.81. The summed E-state index contributed by atoms with van der Waals surface area (Å²) in [5.74, 6) is -0.871. The predicted octanol–water partition coefficient (Wildman–Crippen LogP) is 1.59. The van der Waals surface area contributed by atoms with Crippen LogP contribution in [-0.2, 0) is 24.2 Å². The van der Waals surface area contributed by atoms with Crippen molar-refractivity contribution in [2.75, 3.05) is 30.9 Å². The summed E-state index contributed by atoms with van der Waals surface area (Å²) >= 11 is 0.660. The number of hydrogen-bond donors (Lipinski definition) is 2. The molecule has 1 aromatic heterocycles. The second-order valence-electron chi connectivity index (χ2n) is 6.37. The number of ether oxygens (including phenoxy) is 1. The smallest absolute Gasteiger partial charge is 0.280 e. The van der Waals surface area contributed by atoms with Crippen LogP contribution in [0, 0.1) is 5.13 Å². The first-order chi connectivity index (χ1) is 14.4. The number of rotatable bonds is 9. The Balaban J connectivity index is 1.83. The number of carbonyl (C=O) groups is 1. The fourth-order valence-corrected chi connectivity index (χ4v) is 4.44. The van der Waals surface area contributed by atoms with Gasteiger partial charge in [-0.15, -0.1) is 0 Å². The number of anilines is 1. The van der Waals surface area contributed by atoms with Crippen molar-refractivity contribution in [3.05, 3.63) is 41.2 Å². The molecule has 0 saturated carbocycles. The number of oxime groups is 1. The average molecular weight is 458 g/mol. The molecule has 0 unspecified atom stereocenters. The normalized spacial score (nSPS) is 17.1. The van der Waals surface area contributed by atoms with Crippen molar-refractivity contribution in [2.45, 2.75) is 23.8 Å². The maximum atomic E-state index is 13.2. The van der Waals surface area contributed by atoms with Gasteiger partial charge in [0.15, 0.2) is 31.9 Å². The van der Waals surface area contributed by atoms with Crippen molar-refractivity contribution in [3.8, 4) is 0 Å². The molecule has 1 aromatic carbocycles. The molecule has 2 N–H and O–H groups in total. The van der Waals surface area contributed by atoms with E-state index in [0.29, 0.717) is 36.5 Å². The number of aliphatic hydroxyl groups excluding tert-OH is 1. The maximum absolute atomic E-state index is 13.2. The van der Waals surface area contributed by atoms with E-state index in [2.05, 4.69) is 15.5 Å². The van der Waals surface area contributed by atoms with Gasteiger partial charge in [-0.3, -0.25) is 10.1 Å². The van der Waals surface area contributed by atoms with Gasteiger partial charge in [0.25, 0.3) is 5.91 Å². The van der Waals surface area contributed by atoms with E-state index in [1.54, 1.807) is 0 Å². The van der Waals surface area contributed by atoms with E-state index in [1.165, 1.54) is 24.3 Å². The molecule has 1 aliphatic heterocycles. The summed E-state index contributed by atoms with van der Waals surface area (Å²) in [7, 11) is -3.55. The number of carbonyl (C=O) groups excluding carboxylic acids is 1. The van der Waals surface area contributed by atoms with E-state index in [9.17, 15) is 17.6 Å². The van der Waals surface area contributed by atoms with Crippen molar-refractivity contribution >= 4 is 37.9 Å². The Bertz CT molecular complexity index is 1000. The van der Waals surface area contributed by atoms with E-state index in [1.807, 2.05) is 0 Å². The minimum atomic E-state index is -3.55. The fraction of sp³-hybridized carbons (Fsp3) is 0.389. The van der Waals surface area contributed by atoms with Crippen LogP contribution in [0.15, 0.2) is 40.5 Å². The summed E-state index contributed by atoms with van der Waals surface area (Å²) in [6.07, 6.45) is 1.43. The van der Waals surface area contributed by atoms with Gasteiger partial charge >= 0.3 is 0 Å². The number of aliphatic hydroxyl groups is 1. The molecular weight excluding hydrogens is 437 g/mol. The van der Waals surface area contributed by atoms with Crippen molar-refractivity contribution in [1.29, 1.82) is 0 Å². The molecule has 1 amide bonds. The van der Waals surface area contributed by atoms with Gasteiger partial charge in [-0.25, -0.2) is 13.4 Å². The minimum Gasteiger partial charge on any atom is -0.396 e. The summed E-state index contributed by atoms with van der Waals surface area (Å²) in [5.41, 5.74) is 0.196. The summed E-state index contributed by atoms with van der Waals surface area (Å²) in [5, 5.41) is 14.7. The topological polar surface area (TPSA) is 127 Å². The molecule has 1 fully saturated rings. The first-order valence-electron chi connectivity index (χ1n) is 9.07. The Morgan fingerprint density at radius 1 is 1.40 bits per heavy atom. The standard InChI is InChI=1S/C18H20FN3O6S2/c19-15-10-20-18(29-15)21-17(24)16(22-28-13-6-8-27-11-13)12-2-4-14(5-3-12)30(25,26)9-1-7-23/h2-5,10,13,23H,1,6-9,11H2,(H,20,21,24)/b22-16+/t13-/m1/s1. The van der Waals surface area contributed by atoms with Crippen molar-refractivity contribution in [1.82, 2.24) is 4.98 Å². The molecule has 2 heterocycles. The van der Waals surface area contributed by atoms with Gasteiger partial charge in [0.2, 0.25) is 0 Å². The van der Waals surface area contributed by atoms with Gasteiger partial charge in [0.1, 0.15) is 0 Å². The SMILES string of the molecule is O=C(Nc1ncc(F)s1)/C(=N/O[C@@H]1CCOC1)c1ccc(S(=O)(=O)CCCO)cc1. The lowest BCUT2D eigenvalue weighted by Gasteiger charge is -2.10. The molecule has 9 nitrogen and oxygen atoms in total. The third-order valence-corrected chi connectivity index (χ3v) is 6.67. The molecule has 162 valence electrons. The number of thiazole rings is 1. The van der Waals surface area contributed by atoms with Gasteiger partial charge in [0.05, 0.1) is 30.1 Å². The Morgan fingerprint density at radius 3 is 2.77 bits per heavy atom. The second-order valence-corrected chi connectivity index (χ2v) is 9.46. The Labute approximate surface area is 176 Å². The zero-order valence-corrected chi connectivity index (χ0v) is 17.4. The van der Waals surface area contributed by atoms with Gasteiger partial charge in [-0.05, 0) is 18.6 Å². The number of nitrogens with one attached hydrogen (secondary N) is 1. The number of sulfone groups is 1. The first kappa shape index (κ1) is 22.3. The number of amides is 1. The average Bonchev–Trinajstić information content (AvgIpc) is 3.39. The van der Waals surface area contributed by atoms with E-state index in [4.69, 9.17) is 14.7 Å². The lowest BCUT2D eigenvalue weighted by molar-refractivity contribution is -0.110. The summed E-state index contributed by atoms with van der Waals surface area (Å²) in [4.78, 5) is 21.9. The van der Waals surface area contributed by atoms with Crippen LogP contribution in [-0.4, -0.2) is 61.8 Å². The molecule has 2 aromatic rings. The third-order valence-electron chi connectivity index (χ3n) is 4.15. The highest BCUT2D eigenvalue weighted by Gasteiger charge is 2.22. The van der Waals surface area contributed by atoms with Gasteiger partial charge in [-0.2, -0.15) is 4.39 Å². The first-order valence-corrected chi connectivity index (χ1v) is 11.5. The van der Waals surface area contributed by atoms with E-state index in [0.717, 1.165) is 6.20 Å². The fourth-order valence-electron chi connectivity index (χ4n) is 2.61. The summed E-state index contributed by atoms with van der Waals surface area (Å²) in [6, 6.07) is 5.57. The van der Waals surface area contributed by atoms with Crippen LogP contribution in [0.5, 0.6) is 0 Å². The zero-order chi connectivity index (χ0) is 21.6. The lowest BCUT2D eigenvalue weighted by Crippen LogP contribution is -2.25. The van der Waals surface area contributed by atoms with Crippen LogP contribution < -0.4 is 5.32 Å².